The summed E-state index contributed by atoms with van der Waals surface area (Å²) in [6.07, 6.45) is 2.14. The van der Waals surface area contributed by atoms with Crippen LogP contribution in [0.15, 0.2) is 10.9 Å². The fourth-order valence-corrected chi connectivity index (χ4v) is 1.82. The highest BCUT2D eigenvalue weighted by molar-refractivity contribution is 5.75. The first-order valence-electron chi connectivity index (χ1n) is 6.88. The van der Waals surface area contributed by atoms with Crippen molar-refractivity contribution in [3.05, 3.63) is 18.0 Å². The summed E-state index contributed by atoms with van der Waals surface area (Å²) in [7, 11) is 0. The molecule has 0 saturated carbocycles. The topological polar surface area (TPSA) is 103 Å². The van der Waals surface area contributed by atoms with Gasteiger partial charge >= 0.3 is 0 Å². The average Bonchev–Trinajstić information content (AvgIpc) is 3.07. The Hall–Kier alpha value is -2.32. The number of aromatic nitrogens is 6. The van der Waals surface area contributed by atoms with Crippen molar-refractivity contribution < 1.29 is 9.32 Å². The molecule has 0 aliphatic heterocycles. The SMILES string of the molecule is CCN(Cc1noc(CC(C)C)n1)C(=O)Cn1cnnn1. The molecule has 0 N–H and O–H groups in total. The lowest BCUT2D eigenvalue weighted by atomic mass is 10.1. The van der Waals surface area contributed by atoms with Crippen LogP contribution in [0.2, 0.25) is 0 Å². The minimum absolute atomic E-state index is 0.0948. The second-order valence-electron chi connectivity index (χ2n) is 5.12. The molecule has 21 heavy (non-hydrogen) atoms. The van der Waals surface area contributed by atoms with E-state index < -0.39 is 0 Å². The predicted octanol–water partition coefficient (Wildman–Crippen LogP) is 0.303. The fourth-order valence-electron chi connectivity index (χ4n) is 1.82. The van der Waals surface area contributed by atoms with Crippen LogP contribution >= 0.6 is 0 Å². The van der Waals surface area contributed by atoms with Crippen molar-refractivity contribution in [2.24, 2.45) is 5.92 Å². The Bertz CT molecular complexity index is 564. The molecule has 9 nitrogen and oxygen atoms in total. The summed E-state index contributed by atoms with van der Waals surface area (Å²) in [6.45, 7) is 7.02. The molecule has 1 amide bonds. The van der Waals surface area contributed by atoms with Crippen molar-refractivity contribution in [1.29, 1.82) is 0 Å². The maximum atomic E-state index is 12.2. The maximum absolute atomic E-state index is 12.2. The summed E-state index contributed by atoms with van der Waals surface area (Å²) in [4.78, 5) is 18.1. The zero-order chi connectivity index (χ0) is 15.2. The van der Waals surface area contributed by atoms with E-state index in [1.165, 1.54) is 11.0 Å². The summed E-state index contributed by atoms with van der Waals surface area (Å²) in [5, 5.41) is 14.6. The average molecular weight is 293 g/mol. The molecule has 2 heterocycles. The van der Waals surface area contributed by atoms with Crippen LogP contribution in [0.25, 0.3) is 0 Å². The third kappa shape index (κ3) is 4.33. The van der Waals surface area contributed by atoms with Crippen LogP contribution in [-0.2, 0) is 24.3 Å². The second kappa shape index (κ2) is 6.91. The lowest BCUT2D eigenvalue weighted by molar-refractivity contribution is -0.132. The van der Waals surface area contributed by atoms with E-state index in [-0.39, 0.29) is 12.5 Å². The summed E-state index contributed by atoms with van der Waals surface area (Å²) in [5.74, 6) is 1.46. The number of carbonyl (C=O) groups excluding carboxylic acids is 1. The lowest BCUT2D eigenvalue weighted by Crippen LogP contribution is -2.33. The Labute approximate surface area is 122 Å². The van der Waals surface area contributed by atoms with Crippen LogP contribution in [0.4, 0.5) is 0 Å². The molecule has 2 aromatic heterocycles. The van der Waals surface area contributed by atoms with Gasteiger partial charge in [-0.25, -0.2) is 4.68 Å². The largest absolute Gasteiger partial charge is 0.339 e. The molecule has 0 fully saturated rings. The first-order valence-corrected chi connectivity index (χ1v) is 6.88. The Morgan fingerprint density at radius 3 is 2.90 bits per heavy atom. The summed E-state index contributed by atoms with van der Waals surface area (Å²) < 4.78 is 6.55. The molecule has 0 unspecified atom stereocenters. The van der Waals surface area contributed by atoms with E-state index >= 15 is 0 Å². The van der Waals surface area contributed by atoms with Crippen molar-refractivity contribution in [2.75, 3.05) is 6.54 Å². The van der Waals surface area contributed by atoms with Gasteiger partial charge in [-0.2, -0.15) is 4.98 Å². The third-order valence-electron chi connectivity index (χ3n) is 2.85. The van der Waals surface area contributed by atoms with Gasteiger partial charge in [0.1, 0.15) is 12.9 Å². The first kappa shape index (κ1) is 15.1. The van der Waals surface area contributed by atoms with Gasteiger partial charge < -0.3 is 9.42 Å². The zero-order valence-corrected chi connectivity index (χ0v) is 12.4. The summed E-state index contributed by atoms with van der Waals surface area (Å²) in [6, 6.07) is 0. The number of amides is 1. The minimum Gasteiger partial charge on any atom is -0.339 e. The number of hydrogen-bond donors (Lipinski definition) is 0. The number of hydrogen-bond acceptors (Lipinski definition) is 7. The number of rotatable bonds is 7. The van der Waals surface area contributed by atoms with Gasteiger partial charge in [0.15, 0.2) is 5.82 Å². The molecule has 0 radical (unpaired) electrons. The number of carbonyl (C=O) groups is 1. The summed E-state index contributed by atoms with van der Waals surface area (Å²) >= 11 is 0. The highest BCUT2D eigenvalue weighted by atomic mass is 16.5. The monoisotopic (exact) mass is 293 g/mol. The molecule has 2 rings (SSSR count). The van der Waals surface area contributed by atoms with Gasteiger partial charge in [0.05, 0.1) is 6.54 Å². The van der Waals surface area contributed by atoms with E-state index in [0.717, 1.165) is 6.42 Å². The number of likely N-dealkylation sites (N-methyl/N-ethyl adjacent to an activating group) is 1. The van der Waals surface area contributed by atoms with E-state index in [2.05, 4.69) is 39.5 Å². The molecule has 0 spiro atoms. The van der Waals surface area contributed by atoms with Gasteiger partial charge in [-0.15, -0.1) is 5.10 Å². The molecule has 0 aromatic carbocycles. The van der Waals surface area contributed by atoms with Crippen molar-refractivity contribution in [1.82, 2.24) is 35.2 Å². The molecule has 114 valence electrons. The molecule has 0 aliphatic rings. The highest BCUT2D eigenvalue weighted by Gasteiger charge is 2.17. The predicted molar refractivity (Wildman–Crippen MR) is 71.7 cm³/mol. The van der Waals surface area contributed by atoms with Crippen LogP contribution < -0.4 is 0 Å². The lowest BCUT2D eigenvalue weighted by Gasteiger charge is -2.18. The smallest absolute Gasteiger partial charge is 0.244 e. The first-order chi connectivity index (χ1) is 10.1. The van der Waals surface area contributed by atoms with Crippen LogP contribution in [0.1, 0.15) is 32.5 Å². The molecule has 9 heteroatoms. The van der Waals surface area contributed by atoms with Crippen molar-refractivity contribution in [2.45, 2.75) is 40.3 Å². The Balaban J connectivity index is 1.95. The van der Waals surface area contributed by atoms with Gasteiger partial charge in [0.2, 0.25) is 11.8 Å². The third-order valence-corrected chi connectivity index (χ3v) is 2.85. The fraction of sp³-hybridized carbons (Fsp3) is 0.667. The number of nitrogens with zero attached hydrogens (tertiary/aromatic N) is 7. The second-order valence-corrected chi connectivity index (χ2v) is 5.12. The van der Waals surface area contributed by atoms with E-state index in [0.29, 0.717) is 30.7 Å². The molecule has 0 aliphatic carbocycles. The van der Waals surface area contributed by atoms with Gasteiger partial charge in [0.25, 0.3) is 0 Å². The van der Waals surface area contributed by atoms with Crippen molar-refractivity contribution in [3.8, 4) is 0 Å². The van der Waals surface area contributed by atoms with E-state index in [1.54, 1.807) is 4.90 Å². The highest BCUT2D eigenvalue weighted by Crippen LogP contribution is 2.07. The van der Waals surface area contributed by atoms with Gasteiger partial charge in [0, 0.05) is 13.0 Å². The maximum Gasteiger partial charge on any atom is 0.244 e. The quantitative estimate of drug-likeness (QED) is 0.723. The molecule has 0 bridgehead atoms. The number of tetrazole rings is 1. The molecular formula is C12H19N7O2. The van der Waals surface area contributed by atoms with Crippen LogP contribution in [-0.4, -0.2) is 47.7 Å². The van der Waals surface area contributed by atoms with Crippen molar-refractivity contribution >= 4 is 5.91 Å². The molecular weight excluding hydrogens is 274 g/mol. The molecule has 0 atom stereocenters. The van der Waals surface area contributed by atoms with Crippen LogP contribution in [0.3, 0.4) is 0 Å². The van der Waals surface area contributed by atoms with Crippen LogP contribution in [0, 0.1) is 5.92 Å². The Morgan fingerprint density at radius 2 is 2.29 bits per heavy atom. The van der Waals surface area contributed by atoms with Crippen molar-refractivity contribution in [3.63, 3.8) is 0 Å². The van der Waals surface area contributed by atoms with E-state index in [1.807, 2.05) is 6.92 Å². The normalized spacial score (nSPS) is 11.0. The van der Waals surface area contributed by atoms with E-state index in [9.17, 15) is 4.79 Å². The van der Waals surface area contributed by atoms with E-state index in [4.69, 9.17) is 4.52 Å². The zero-order valence-electron chi connectivity index (χ0n) is 12.4. The minimum atomic E-state index is -0.0972. The molecule has 0 saturated heterocycles. The standard InChI is InChI=1S/C12H19N7O2/c1-4-18(12(20)7-19-8-13-16-17-19)6-10-14-11(21-15-10)5-9(2)3/h8-9H,4-7H2,1-3H3. The summed E-state index contributed by atoms with van der Waals surface area (Å²) in [5.41, 5.74) is 0. The van der Waals surface area contributed by atoms with Crippen LogP contribution in [0.5, 0.6) is 0 Å². The Morgan fingerprint density at radius 1 is 1.48 bits per heavy atom. The Kier molecular flexibility index (Phi) is 4.96. The molecule has 2 aromatic rings. The van der Waals surface area contributed by atoms with Gasteiger partial charge in [-0.1, -0.05) is 19.0 Å². The van der Waals surface area contributed by atoms with Gasteiger partial charge in [-0.3, -0.25) is 4.79 Å². The van der Waals surface area contributed by atoms with Gasteiger partial charge in [-0.05, 0) is 23.3 Å².